The van der Waals surface area contributed by atoms with Crippen molar-refractivity contribution in [3.63, 3.8) is 0 Å². The number of benzene rings is 2. The number of aromatic nitrogens is 4. The fourth-order valence-electron chi connectivity index (χ4n) is 5.50. The highest BCUT2D eigenvalue weighted by molar-refractivity contribution is 5.84. The minimum Gasteiger partial charge on any atom is -0.434 e. The normalized spacial score (nSPS) is 23.0. The Morgan fingerprint density at radius 1 is 1.11 bits per heavy atom. The largest absolute Gasteiger partial charge is 0.434 e. The Bertz CT molecular complexity index is 1450. The number of halogens is 3. The van der Waals surface area contributed by atoms with E-state index < -0.39 is 18.0 Å². The molecule has 4 atom stereocenters. The molecular weight excluding hydrogens is 457 g/mol. The molecule has 0 saturated heterocycles. The molecule has 0 radical (unpaired) electrons. The minimum atomic E-state index is -2.93. The zero-order valence-corrected chi connectivity index (χ0v) is 19.3. The zero-order valence-electron chi connectivity index (χ0n) is 19.3. The highest BCUT2D eigenvalue weighted by atomic mass is 19.3. The van der Waals surface area contributed by atoms with Gasteiger partial charge in [0.2, 0.25) is 0 Å². The smallest absolute Gasteiger partial charge is 0.387 e. The van der Waals surface area contributed by atoms with Gasteiger partial charge in [-0.15, -0.1) is 0 Å². The quantitative estimate of drug-likeness (QED) is 0.413. The Morgan fingerprint density at radius 3 is 2.51 bits per heavy atom. The lowest BCUT2D eigenvalue weighted by atomic mass is 9.99. The summed E-state index contributed by atoms with van der Waals surface area (Å²) in [5.41, 5.74) is 1.42. The lowest BCUT2D eigenvalue weighted by Crippen LogP contribution is -2.19. The molecule has 9 heteroatoms. The number of ether oxygens (including phenoxy) is 1. The number of fused-ring (bicyclic) bond motifs is 5. The molecule has 35 heavy (non-hydrogen) atoms. The monoisotopic (exact) mass is 480 g/mol. The maximum absolute atomic E-state index is 15.2. The van der Waals surface area contributed by atoms with Gasteiger partial charge in [-0.25, -0.2) is 19.3 Å². The summed E-state index contributed by atoms with van der Waals surface area (Å²) in [5, 5.41) is 10.1. The van der Waals surface area contributed by atoms with Gasteiger partial charge in [-0.05, 0) is 37.8 Å². The number of aliphatic hydroxyl groups is 1. The van der Waals surface area contributed by atoms with E-state index in [2.05, 4.69) is 16.9 Å². The van der Waals surface area contributed by atoms with Crippen molar-refractivity contribution >= 4 is 11.0 Å². The Hall–Kier alpha value is -3.46. The highest BCUT2D eigenvalue weighted by Gasteiger charge is 2.61. The molecule has 6 nitrogen and oxygen atoms in total. The fraction of sp³-hybridized carbons (Fsp3) is 0.346. The summed E-state index contributed by atoms with van der Waals surface area (Å²) in [7, 11) is 0. The SMILES string of the molecule is CC1C2c3nc4cc(F)c(-c5cnc(C(C)(C)O)nc5)cc4n3C(c3ccccc3OC(F)F)C12. The van der Waals surface area contributed by atoms with E-state index in [1.54, 1.807) is 44.2 Å². The summed E-state index contributed by atoms with van der Waals surface area (Å²) in [6, 6.07) is 9.67. The first-order valence-electron chi connectivity index (χ1n) is 11.5. The molecule has 4 unspecified atom stereocenters. The third-order valence-electron chi connectivity index (χ3n) is 7.16. The van der Waals surface area contributed by atoms with E-state index in [0.29, 0.717) is 33.6 Å². The van der Waals surface area contributed by atoms with Crippen molar-refractivity contribution in [2.75, 3.05) is 0 Å². The Balaban J connectivity index is 1.50. The first kappa shape index (κ1) is 22.0. The summed E-state index contributed by atoms with van der Waals surface area (Å²) in [5.74, 6) is 1.44. The molecule has 1 aliphatic carbocycles. The van der Waals surface area contributed by atoms with Gasteiger partial charge in [-0.1, -0.05) is 25.1 Å². The number of nitrogens with zero attached hydrogens (tertiary/aromatic N) is 4. The van der Waals surface area contributed by atoms with E-state index in [0.717, 1.165) is 5.82 Å². The molecule has 6 rings (SSSR count). The van der Waals surface area contributed by atoms with Crippen molar-refractivity contribution in [3.8, 4) is 16.9 Å². The molecule has 2 aromatic carbocycles. The number of hydrogen-bond acceptors (Lipinski definition) is 5. The van der Waals surface area contributed by atoms with Crippen molar-refractivity contribution in [1.29, 1.82) is 0 Å². The zero-order chi connectivity index (χ0) is 24.6. The second-order valence-corrected chi connectivity index (χ2v) is 9.84. The minimum absolute atomic E-state index is 0.137. The van der Waals surface area contributed by atoms with Crippen molar-refractivity contribution < 1.29 is 23.0 Å². The van der Waals surface area contributed by atoms with Gasteiger partial charge in [-0.2, -0.15) is 8.78 Å². The van der Waals surface area contributed by atoms with E-state index in [9.17, 15) is 13.9 Å². The second-order valence-electron chi connectivity index (χ2n) is 9.84. The van der Waals surface area contributed by atoms with Gasteiger partial charge in [0.15, 0.2) is 5.82 Å². The fourth-order valence-corrected chi connectivity index (χ4v) is 5.50. The van der Waals surface area contributed by atoms with Gasteiger partial charge in [0.05, 0.1) is 17.1 Å². The first-order chi connectivity index (χ1) is 16.6. The third-order valence-corrected chi connectivity index (χ3v) is 7.16. The molecule has 1 fully saturated rings. The average molecular weight is 480 g/mol. The van der Waals surface area contributed by atoms with Crippen LogP contribution in [0.5, 0.6) is 5.75 Å². The van der Waals surface area contributed by atoms with Crippen LogP contribution in [0, 0.1) is 17.7 Å². The van der Waals surface area contributed by atoms with Gasteiger partial charge in [0, 0.05) is 41.1 Å². The topological polar surface area (TPSA) is 73.1 Å². The molecule has 0 spiro atoms. The summed E-state index contributed by atoms with van der Waals surface area (Å²) >= 11 is 0. The summed E-state index contributed by atoms with van der Waals surface area (Å²) in [6.45, 7) is 2.34. The lowest BCUT2D eigenvalue weighted by Gasteiger charge is -2.22. The van der Waals surface area contributed by atoms with Crippen LogP contribution < -0.4 is 4.74 Å². The van der Waals surface area contributed by atoms with E-state index in [1.165, 1.54) is 18.5 Å². The molecule has 3 heterocycles. The number of alkyl halides is 2. The Morgan fingerprint density at radius 2 is 1.83 bits per heavy atom. The van der Waals surface area contributed by atoms with Crippen molar-refractivity contribution in [1.82, 2.24) is 19.5 Å². The van der Waals surface area contributed by atoms with Crippen LogP contribution in [0.1, 0.15) is 49.9 Å². The molecule has 4 aromatic rings. The van der Waals surface area contributed by atoms with Crippen LogP contribution in [0.15, 0.2) is 48.8 Å². The molecule has 2 aromatic heterocycles. The van der Waals surface area contributed by atoms with Crippen LogP contribution in [0.2, 0.25) is 0 Å². The Kier molecular flexibility index (Phi) is 4.73. The van der Waals surface area contributed by atoms with E-state index in [4.69, 9.17) is 9.72 Å². The summed E-state index contributed by atoms with van der Waals surface area (Å²) in [6.07, 6.45) is 2.96. The van der Waals surface area contributed by atoms with Gasteiger partial charge >= 0.3 is 6.61 Å². The van der Waals surface area contributed by atoms with Gasteiger partial charge in [0.25, 0.3) is 0 Å². The maximum atomic E-state index is 15.2. The van der Waals surface area contributed by atoms with E-state index in [1.807, 2.05) is 4.57 Å². The second kappa shape index (κ2) is 7.52. The first-order valence-corrected chi connectivity index (χ1v) is 11.5. The predicted molar refractivity (Wildman–Crippen MR) is 123 cm³/mol. The molecule has 0 bridgehead atoms. The van der Waals surface area contributed by atoms with Crippen LogP contribution in [0.3, 0.4) is 0 Å². The number of imidazole rings is 1. The highest BCUT2D eigenvalue weighted by Crippen LogP contribution is 2.66. The number of hydrogen-bond donors (Lipinski definition) is 1. The van der Waals surface area contributed by atoms with Crippen LogP contribution in [-0.2, 0) is 5.60 Å². The molecule has 1 aliphatic heterocycles. The van der Waals surface area contributed by atoms with Crippen LogP contribution in [0.4, 0.5) is 13.2 Å². The van der Waals surface area contributed by atoms with Crippen LogP contribution in [0.25, 0.3) is 22.2 Å². The molecule has 1 N–H and O–H groups in total. The molecule has 0 amide bonds. The third kappa shape index (κ3) is 3.40. The summed E-state index contributed by atoms with van der Waals surface area (Å²) in [4.78, 5) is 13.1. The van der Waals surface area contributed by atoms with Crippen LogP contribution in [-0.4, -0.2) is 31.2 Å². The van der Waals surface area contributed by atoms with Crippen molar-refractivity contribution in [2.24, 2.45) is 11.8 Å². The number of rotatable bonds is 5. The van der Waals surface area contributed by atoms with Gasteiger partial charge in [-0.3, -0.25) is 0 Å². The number of para-hydroxylation sites is 1. The average Bonchev–Trinajstić information content (AvgIpc) is 3.15. The van der Waals surface area contributed by atoms with E-state index in [-0.39, 0.29) is 29.5 Å². The standard InChI is InChI=1S/C26H23F3N4O2/c1-12-20-21(12)23-32-17-9-16(27)15(13-10-30-24(31-11-13)26(2,3)34)8-18(17)33(23)22(20)14-6-4-5-7-19(14)35-25(28)29/h4-12,20-22,25,34H,1-3H3. The van der Waals surface area contributed by atoms with Gasteiger partial charge < -0.3 is 14.4 Å². The van der Waals surface area contributed by atoms with E-state index >= 15 is 4.39 Å². The maximum Gasteiger partial charge on any atom is 0.387 e. The Labute approximate surface area is 199 Å². The molecule has 180 valence electrons. The molecular formula is C26H23F3N4O2. The molecule has 2 aliphatic rings. The summed E-state index contributed by atoms with van der Waals surface area (Å²) < 4.78 is 48.3. The predicted octanol–water partition coefficient (Wildman–Crippen LogP) is 5.41. The lowest BCUT2D eigenvalue weighted by molar-refractivity contribution is -0.0507. The van der Waals surface area contributed by atoms with Crippen molar-refractivity contribution in [3.05, 3.63) is 71.8 Å². The van der Waals surface area contributed by atoms with Crippen molar-refractivity contribution in [2.45, 2.75) is 44.9 Å². The molecule has 1 saturated carbocycles. The van der Waals surface area contributed by atoms with Crippen LogP contribution >= 0.6 is 0 Å². The van der Waals surface area contributed by atoms with Gasteiger partial charge in [0.1, 0.15) is 23.0 Å².